The van der Waals surface area contributed by atoms with Crippen molar-refractivity contribution in [1.82, 2.24) is 15.9 Å². The summed E-state index contributed by atoms with van der Waals surface area (Å²) in [6, 6.07) is 0. The highest BCUT2D eigenvalue weighted by Gasteiger charge is 2.41. The van der Waals surface area contributed by atoms with Gasteiger partial charge in [-0.1, -0.05) is 27.7 Å². The minimum absolute atomic E-state index is 0.0324. The molecular formula is C15H28N4O2. The van der Waals surface area contributed by atoms with Gasteiger partial charge in [0.15, 0.2) is 0 Å². The Morgan fingerprint density at radius 1 is 1.24 bits per heavy atom. The molecule has 0 aromatic carbocycles. The van der Waals surface area contributed by atoms with Gasteiger partial charge in [0, 0.05) is 25.0 Å². The van der Waals surface area contributed by atoms with Crippen molar-refractivity contribution in [3.63, 3.8) is 0 Å². The molecule has 1 aliphatic heterocycles. The average molecular weight is 296 g/mol. The second-order valence-corrected chi connectivity index (χ2v) is 6.86. The van der Waals surface area contributed by atoms with Gasteiger partial charge >= 0.3 is 0 Å². The molecule has 0 fully saturated rings. The number of nitrogens with zero attached hydrogens (tertiary/aromatic N) is 2. The van der Waals surface area contributed by atoms with Crippen molar-refractivity contribution in [2.75, 3.05) is 0 Å². The van der Waals surface area contributed by atoms with Crippen LogP contribution in [0.2, 0.25) is 0 Å². The predicted octanol–water partition coefficient (Wildman–Crippen LogP) is 2.02. The highest BCUT2D eigenvalue weighted by molar-refractivity contribution is 5.89. The lowest BCUT2D eigenvalue weighted by Crippen LogP contribution is -2.60. The number of amides is 2. The summed E-state index contributed by atoms with van der Waals surface area (Å²) in [5, 5.41) is 5.79. The molecule has 21 heavy (non-hydrogen) atoms. The predicted molar refractivity (Wildman–Crippen MR) is 83.2 cm³/mol. The number of rotatable bonds is 6. The van der Waals surface area contributed by atoms with Gasteiger partial charge in [0.2, 0.25) is 11.8 Å². The van der Waals surface area contributed by atoms with Crippen molar-refractivity contribution in [2.24, 2.45) is 16.9 Å². The molecule has 0 bridgehead atoms. The number of hydrazone groups is 1. The van der Waals surface area contributed by atoms with Gasteiger partial charge in [-0.3, -0.25) is 15.0 Å². The van der Waals surface area contributed by atoms with Crippen LogP contribution < -0.4 is 10.9 Å². The third kappa shape index (κ3) is 5.12. The molecule has 1 heterocycles. The molecule has 0 aromatic rings. The van der Waals surface area contributed by atoms with E-state index in [-0.39, 0.29) is 17.7 Å². The quantitative estimate of drug-likeness (QED) is 0.736. The smallest absolute Gasteiger partial charge is 0.244 e. The molecular weight excluding hydrogens is 268 g/mol. The zero-order valence-electron chi connectivity index (χ0n) is 14.0. The number of nitrogens with one attached hydrogen (secondary N) is 2. The summed E-state index contributed by atoms with van der Waals surface area (Å²) in [7, 11) is 0. The second-order valence-electron chi connectivity index (χ2n) is 6.86. The molecule has 0 aromatic heterocycles. The Kier molecular flexibility index (Phi) is 5.89. The first kappa shape index (κ1) is 17.6. The van der Waals surface area contributed by atoms with Crippen LogP contribution in [0.5, 0.6) is 0 Å². The van der Waals surface area contributed by atoms with Crippen LogP contribution in [0.4, 0.5) is 0 Å². The van der Waals surface area contributed by atoms with E-state index in [1.165, 1.54) is 5.01 Å². The van der Waals surface area contributed by atoms with Crippen LogP contribution in [-0.4, -0.2) is 28.2 Å². The summed E-state index contributed by atoms with van der Waals surface area (Å²) in [4.78, 5) is 24.1. The molecule has 0 aliphatic carbocycles. The summed E-state index contributed by atoms with van der Waals surface area (Å²) < 4.78 is 0. The Hall–Kier alpha value is -1.43. The standard InChI is InChI=1S/C15H28N4O2/c1-10(2)7-13(20)16-18-15(6)9-12(5)17-19(15)14(21)8-11(3)4/h10-11,18H,7-9H2,1-6H3,(H,16,20)/t15-/m0/s1. The maximum Gasteiger partial charge on any atom is 0.244 e. The Morgan fingerprint density at radius 2 is 1.81 bits per heavy atom. The van der Waals surface area contributed by atoms with Gasteiger partial charge in [-0.25, -0.2) is 10.4 Å². The summed E-state index contributed by atoms with van der Waals surface area (Å²) in [6.07, 6.45) is 1.48. The van der Waals surface area contributed by atoms with Crippen LogP contribution in [-0.2, 0) is 9.59 Å². The van der Waals surface area contributed by atoms with E-state index >= 15 is 0 Å². The van der Waals surface area contributed by atoms with E-state index in [0.717, 1.165) is 5.71 Å². The first-order valence-corrected chi connectivity index (χ1v) is 7.57. The molecule has 0 spiro atoms. The van der Waals surface area contributed by atoms with Crippen LogP contribution in [0.15, 0.2) is 5.10 Å². The normalized spacial score (nSPS) is 21.9. The van der Waals surface area contributed by atoms with Gasteiger partial charge in [0.1, 0.15) is 5.66 Å². The Bertz CT molecular complexity index is 431. The zero-order chi connectivity index (χ0) is 16.2. The Labute approximate surface area is 127 Å². The molecule has 0 unspecified atom stereocenters. The Morgan fingerprint density at radius 3 is 2.33 bits per heavy atom. The summed E-state index contributed by atoms with van der Waals surface area (Å²) in [5.74, 6) is 0.454. The van der Waals surface area contributed by atoms with Crippen LogP contribution in [0.25, 0.3) is 0 Å². The molecule has 1 rings (SSSR count). The summed E-state index contributed by atoms with van der Waals surface area (Å²) in [5.41, 5.74) is 5.87. The van der Waals surface area contributed by atoms with Crippen molar-refractivity contribution in [3.8, 4) is 0 Å². The maximum absolute atomic E-state index is 12.3. The first-order valence-electron chi connectivity index (χ1n) is 7.57. The number of carbonyl (C=O) groups excluding carboxylic acids is 2. The molecule has 1 aliphatic rings. The summed E-state index contributed by atoms with van der Waals surface area (Å²) in [6.45, 7) is 11.7. The van der Waals surface area contributed by atoms with Gasteiger partial charge in [-0.2, -0.15) is 5.10 Å². The van der Waals surface area contributed by atoms with Crippen LogP contribution in [0, 0.1) is 11.8 Å². The van der Waals surface area contributed by atoms with Crippen LogP contribution in [0.1, 0.15) is 60.8 Å². The molecule has 6 nitrogen and oxygen atoms in total. The van der Waals surface area contributed by atoms with E-state index in [2.05, 4.69) is 16.0 Å². The molecule has 6 heteroatoms. The molecule has 1 atom stereocenters. The number of carbonyl (C=O) groups is 2. The van der Waals surface area contributed by atoms with Crippen molar-refractivity contribution in [2.45, 2.75) is 66.5 Å². The maximum atomic E-state index is 12.3. The van der Waals surface area contributed by atoms with Gasteiger partial charge < -0.3 is 0 Å². The van der Waals surface area contributed by atoms with E-state index < -0.39 is 5.66 Å². The van der Waals surface area contributed by atoms with Crippen molar-refractivity contribution in [3.05, 3.63) is 0 Å². The molecule has 2 amide bonds. The Balaban J connectivity index is 2.69. The topological polar surface area (TPSA) is 73.8 Å². The van der Waals surface area contributed by atoms with Gasteiger partial charge in [0.05, 0.1) is 0 Å². The fraction of sp³-hybridized carbons (Fsp3) is 0.800. The fourth-order valence-electron chi connectivity index (χ4n) is 2.38. The van der Waals surface area contributed by atoms with Crippen LogP contribution >= 0.6 is 0 Å². The van der Waals surface area contributed by atoms with E-state index in [1.807, 2.05) is 41.5 Å². The molecule has 0 saturated heterocycles. The minimum Gasteiger partial charge on any atom is -0.289 e. The lowest BCUT2D eigenvalue weighted by atomic mass is 10.1. The first-order chi connectivity index (χ1) is 9.64. The molecule has 0 radical (unpaired) electrons. The monoisotopic (exact) mass is 296 g/mol. The third-order valence-electron chi connectivity index (χ3n) is 3.22. The van der Waals surface area contributed by atoms with Gasteiger partial charge in [0.25, 0.3) is 0 Å². The molecule has 120 valence electrons. The van der Waals surface area contributed by atoms with Crippen LogP contribution in [0.3, 0.4) is 0 Å². The largest absolute Gasteiger partial charge is 0.289 e. The van der Waals surface area contributed by atoms with E-state index in [0.29, 0.717) is 25.2 Å². The number of hydrazine groups is 1. The average Bonchev–Trinajstić information content (AvgIpc) is 2.61. The van der Waals surface area contributed by atoms with Crippen molar-refractivity contribution >= 4 is 17.5 Å². The number of hydrogen-bond donors (Lipinski definition) is 2. The SMILES string of the molecule is CC1=NN(C(=O)CC(C)C)[C@](C)(NNC(=O)CC(C)C)C1. The third-order valence-corrected chi connectivity index (χ3v) is 3.22. The van der Waals surface area contributed by atoms with E-state index in [9.17, 15) is 9.59 Å². The van der Waals surface area contributed by atoms with Crippen molar-refractivity contribution in [1.29, 1.82) is 0 Å². The van der Waals surface area contributed by atoms with Crippen molar-refractivity contribution < 1.29 is 9.59 Å². The summed E-state index contributed by atoms with van der Waals surface area (Å²) >= 11 is 0. The molecule has 0 saturated carbocycles. The minimum atomic E-state index is -0.692. The second kappa shape index (κ2) is 7.02. The highest BCUT2D eigenvalue weighted by atomic mass is 16.2. The lowest BCUT2D eigenvalue weighted by molar-refractivity contribution is -0.140. The van der Waals surface area contributed by atoms with E-state index in [1.54, 1.807) is 0 Å². The van der Waals surface area contributed by atoms with E-state index in [4.69, 9.17) is 0 Å². The van der Waals surface area contributed by atoms with Gasteiger partial charge in [-0.05, 0) is 25.7 Å². The van der Waals surface area contributed by atoms with Gasteiger partial charge in [-0.15, -0.1) is 0 Å². The lowest BCUT2D eigenvalue weighted by Gasteiger charge is -2.34. The zero-order valence-corrected chi connectivity index (χ0v) is 14.0. The highest BCUT2D eigenvalue weighted by Crippen LogP contribution is 2.26. The fourth-order valence-corrected chi connectivity index (χ4v) is 2.38. The molecule has 2 N–H and O–H groups in total. The number of hydrogen-bond acceptors (Lipinski definition) is 4.